The van der Waals surface area contributed by atoms with Crippen LogP contribution in [0.5, 0.6) is 0 Å². The van der Waals surface area contributed by atoms with Gasteiger partial charge in [-0.1, -0.05) is 24.3 Å². The summed E-state index contributed by atoms with van der Waals surface area (Å²) in [5.74, 6) is -1.49. The van der Waals surface area contributed by atoms with Crippen molar-refractivity contribution < 1.29 is 30.0 Å². The third-order valence-electron chi connectivity index (χ3n) is 4.38. The van der Waals surface area contributed by atoms with Crippen LogP contribution >= 0.6 is 0 Å². The molecule has 0 unspecified atom stereocenters. The van der Waals surface area contributed by atoms with Crippen molar-refractivity contribution in [1.29, 1.82) is 0 Å². The molecule has 0 atom stereocenters. The molecule has 0 aliphatic heterocycles. The van der Waals surface area contributed by atoms with Gasteiger partial charge < -0.3 is 31.5 Å². The SMILES string of the molecule is Nc1ccc(CCCC(=O)O)cc1.O=C(O)CCCCc1ccc(NCC(O)O)cc1. The first kappa shape index (κ1) is 25.9. The normalized spacial score (nSPS) is 10.3. The van der Waals surface area contributed by atoms with Crippen molar-refractivity contribution in [3.63, 3.8) is 0 Å². The van der Waals surface area contributed by atoms with E-state index in [2.05, 4.69) is 5.32 Å². The molecule has 0 aliphatic rings. The maximum atomic E-state index is 10.3. The van der Waals surface area contributed by atoms with Crippen LogP contribution in [0.15, 0.2) is 48.5 Å². The van der Waals surface area contributed by atoms with E-state index in [1.807, 2.05) is 48.5 Å². The van der Waals surface area contributed by atoms with E-state index >= 15 is 0 Å². The molecule has 0 amide bonds. The lowest BCUT2D eigenvalue weighted by atomic mass is 10.1. The smallest absolute Gasteiger partial charge is 0.303 e. The number of anilines is 2. The van der Waals surface area contributed by atoms with E-state index in [-0.39, 0.29) is 19.4 Å². The van der Waals surface area contributed by atoms with E-state index in [0.717, 1.165) is 41.8 Å². The molecule has 0 spiro atoms. The number of carbonyl (C=O) groups is 2. The molecule has 2 aromatic carbocycles. The van der Waals surface area contributed by atoms with Gasteiger partial charge in [-0.3, -0.25) is 9.59 Å². The minimum absolute atomic E-state index is 0.0952. The second-order valence-corrected chi connectivity index (χ2v) is 7.15. The highest BCUT2D eigenvalue weighted by Gasteiger charge is 2.00. The summed E-state index contributed by atoms with van der Waals surface area (Å²) in [5.41, 5.74) is 9.36. The number of aliphatic hydroxyl groups is 2. The predicted octanol–water partition coefficient (Wildman–Crippen LogP) is 2.88. The molecule has 8 heteroatoms. The zero-order chi connectivity index (χ0) is 23.1. The number of hydrogen-bond donors (Lipinski definition) is 6. The summed E-state index contributed by atoms with van der Waals surface area (Å²) in [6.45, 7) is 0.0952. The Balaban J connectivity index is 0.000000327. The number of carboxylic acids is 2. The first-order chi connectivity index (χ1) is 14.8. The molecule has 0 heterocycles. The monoisotopic (exact) mass is 432 g/mol. The number of unbranched alkanes of at least 4 members (excludes halogenated alkanes) is 1. The van der Waals surface area contributed by atoms with Gasteiger partial charge in [0.15, 0.2) is 6.29 Å². The molecule has 2 aromatic rings. The third-order valence-corrected chi connectivity index (χ3v) is 4.38. The standard InChI is InChI=1S/C13H19NO4.C10H13NO2/c15-12(16)4-2-1-3-10-5-7-11(8-6-10)14-9-13(17)18;11-9-6-4-8(5-7-9)2-1-3-10(12)13/h5-8,13-14,17-18H,1-4,9H2,(H,15,16);4-7H,1-3,11H2,(H,12,13). The van der Waals surface area contributed by atoms with Gasteiger partial charge in [0.1, 0.15) is 0 Å². The maximum absolute atomic E-state index is 10.3. The zero-order valence-corrected chi connectivity index (χ0v) is 17.5. The summed E-state index contributed by atoms with van der Waals surface area (Å²) >= 11 is 0. The summed E-state index contributed by atoms with van der Waals surface area (Å²) < 4.78 is 0. The number of nitrogen functional groups attached to an aromatic ring is 1. The highest BCUT2D eigenvalue weighted by molar-refractivity contribution is 5.66. The second kappa shape index (κ2) is 14.8. The van der Waals surface area contributed by atoms with Crippen molar-refractivity contribution in [2.24, 2.45) is 0 Å². The fourth-order valence-corrected chi connectivity index (χ4v) is 2.73. The number of aliphatic carboxylic acids is 2. The largest absolute Gasteiger partial charge is 0.481 e. The average molecular weight is 433 g/mol. The third kappa shape index (κ3) is 13.7. The van der Waals surface area contributed by atoms with Gasteiger partial charge in [-0.15, -0.1) is 0 Å². The number of benzene rings is 2. The molecule has 0 aliphatic carbocycles. The van der Waals surface area contributed by atoms with Crippen molar-refractivity contribution in [3.8, 4) is 0 Å². The predicted molar refractivity (Wildman–Crippen MR) is 120 cm³/mol. The van der Waals surface area contributed by atoms with Crippen LogP contribution in [0.1, 0.15) is 43.2 Å². The molecular weight excluding hydrogens is 400 g/mol. The number of rotatable bonds is 12. The summed E-state index contributed by atoms with van der Waals surface area (Å²) in [5, 5.41) is 37.2. The minimum atomic E-state index is -1.36. The van der Waals surface area contributed by atoms with E-state index in [1.165, 1.54) is 0 Å². The van der Waals surface area contributed by atoms with Crippen LogP contribution in [-0.2, 0) is 22.4 Å². The van der Waals surface area contributed by atoms with Gasteiger partial charge in [0, 0.05) is 24.2 Å². The van der Waals surface area contributed by atoms with Crippen LogP contribution in [0.2, 0.25) is 0 Å². The van der Waals surface area contributed by atoms with Crippen LogP contribution < -0.4 is 11.1 Å². The Kier molecular flexibility index (Phi) is 12.4. The van der Waals surface area contributed by atoms with E-state index in [1.54, 1.807) is 0 Å². The Bertz CT molecular complexity index is 776. The number of hydrogen-bond acceptors (Lipinski definition) is 6. The summed E-state index contributed by atoms with van der Waals surface area (Å²) in [6.07, 6.45) is 2.96. The van der Waals surface area contributed by atoms with Crippen molar-refractivity contribution in [2.75, 3.05) is 17.6 Å². The zero-order valence-electron chi connectivity index (χ0n) is 17.5. The molecule has 7 N–H and O–H groups in total. The first-order valence-electron chi connectivity index (χ1n) is 10.2. The molecular formula is C23H32N2O6. The Labute approximate surface area is 182 Å². The number of aliphatic hydroxyl groups excluding tert-OH is 1. The number of nitrogens with two attached hydrogens (primary N) is 1. The molecule has 31 heavy (non-hydrogen) atoms. The van der Waals surface area contributed by atoms with Crippen molar-refractivity contribution in [1.82, 2.24) is 0 Å². The van der Waals surface area contributed by atoms with Crippen LogP contribution in [0.4, 0.5) is 11.4 Å². The number of carboxylic acid groups (broad SMARTS) is 2. The van der Waals surface area contributed by atoms with Gasteiger partial charge in [-0.2, -0.15) is 0 Å². The lowest BCUT2D eigenvalue weighted by Gasteiger charge is -2.08. The molecule has 2 rings (SSSR count). The van der Waals surface area contributed by atoms with E-state index < -0.39 is 18.2 Å². The van der Waals surface area contributed by atoms with Crippen molar-refractivity contribution in [2.45, 2.75) is 51.2 Å². The molecule has 0 radical (unpaired) electrons. The highest BCUT2D eigenvalue weighted by atomic mass is 16.5. The Morgan fingerprint density at radius 1 is 0.774 bits per heavy atom. The Hall–Kier alpha value is -3.10. The van der Waals surface area contributed by atoms with Gasteiger partial charge in [-0.25, -0.2) is 0 Å². The molecule has 0 saturated heterocycles. The van der Waals surface area contributed by atoms with E-state index in [4.69, 9.17) is 26.2 Å². The van der Waals surface area contributed by atoms with E-state index in [0.29, 0.717) is 12.8 Å². The number of aryl methyl sites for hydroxylation is 2. The fourth-order valence-electron chi connectivity index (χ4n) is 2.73. The van der Waals surface area contributed by atoms with Gasteiger partial charge in [-0.05, 0) is 67.5 Å². The Morgan fingerprint density at radius 3 is 1.77 bits per heavy atom. The van der Waals surface area contributed by atoms with Crippen LogP contribution in [0.25, 0.3) is 0 Å². The fraction of sp³-hybridized carbons (Fsp3) is 0.391. The van der Waals surface area contributed by atoms with Crippen LogP contribution in [0, 0.1) is 0 Å². The first-order valence-corrected chi connectivity index (χ1v) is 10.2. The second-order valence-electron chi connectivity index (χ2n) is 7.15. The van der Waals surface area contributed by atoms with Crippen LogP contribution in [0.3, 0.4) is 0 Å². The Morgan fingerprint density at radius 2 is 1.26 bits per heavy atom. The lowest BCUT2D eigenvalue weighted by Crippen LogP contribution is -2.18. The molecule has 0 aromatic heterocycles. The summed E-state index contributed by atoms with van der Waals surface area (Å²) in [4.78, 5) is 20.6. The van der Waals surface area contributed by atoms with Crippen molar-refractivity contribution >= 4 is 23.3 Å². The highest BCUT2D eigenvalue weighted by Crippen LogP contribution is 2.12. The van der Waals surface area contributed by atoms with Gasteiger partial charge in [0.05, 0.1) is 6.54 Å². The molecule has 0 bridgehead atoms. The van der Waals surface area contributed by atoms with Crippen LogP contribution in [-0.4, -0.2) is 45.2 Å². The maximum Gasteiger partial charge on any atom is 0.303 e. The average Bonchev–Trinajstić information content (AvgIpc) is 2.72. The van der Waals surface area contributed by atoms with E-state index in [9.17, 15) is 9.59 Å². The summed E-state index contributed by atoms with van der Waals surface area (Å²) in [6, 6.07) is 15.2. The summed E-state index contributed by atoms with van der Waals surface area (Å²) in [7, 11) is 0. The lowest BCUT2D eigenvalue weighted by molar-refractivity contribution is -0.138. The van der Waals surface area contributed by atoms with Gasteiger partial charge >= 0.3 is 11.9 Å². The van der Waals surface area contributed by atoms with Crippen molar-refractivity contribution in [3.05, 3.63) is 59.7 Å². The quantitative estimate of drug-likeness (QED) is 0.170. The molecule has 0 fully saturated rings. The van der Waals surface area contributed by atoms with Gasteiger partial charge in [0.25, 0.3) is 0 Å². The molecule has 170 valence electrons. The topological polar surface area (TPSA) is 153 Å². The number of nitrogens with one attached hydrogen (secondary N) is 1. The molecule has 8 nitrogen and oxygen atoms in total. The molecule has 0 saturated carbocycles. The minimum Gasteiger partial charge on any atom is -0.481 e. The van der Waals surface area contributed by atoms with Gasteiger partial charge in [0.2, 0.25) is 0 Å².